The number of benzene rings is 1. The molecule has 1 aromatic heterocycles. The van der Waals surface area contributed by atoms with E-state index in [4.69, 9.17) is 0 Å². The molecule has 2 N–H and O–H groups in total. The van der Waals surface area contributed by atoms with Gasteiger partial charge >= 0.3 is 0 Å². The minimum Gasteiger partial charge on any atom is -0.391 e. The van der Waals surface area contributed by atoms with Crippen LogP contribution in [0, 0.1) is 0 Å². The second kappa shape index (κ2) is 5.54. The minimum atomic E-state index is -0.437. The number of aliphatic hydroxyl groups is 1. The average Bonchev–Trinajstić information content (AvgIpc) is 2.49. The summed E-state index contributed by atoms with van der Waals surface area (Å²) in [7, 11) is 0. The number of carbonyl (C=O) groups is 1. The summed E-state index contributed by atoms with van der Waals surface area (Å²) in [5.41, 5.74) is 2.02. The van der Waals surface area contributed by atoms with E-state index in [1.165, 1.54) is 0 Å². The van der Waals surface area contributed by atoms with E-state index in [2.05, 4.69) is 15.3 Å². The van der Waals surface area contributed by atoms with Crippen LogP contribution in [0.3, 0.4) is 0 Å². The van der Waals surface area contributed by atoms with Crippen molar-refractivity contribution in [1.29, 1.82) is 0 Å². The summed E-state index contributed by atoms with van der Waals surface area (Å²) in [6.45, 7) is 0. The molecule has 20 heavy (non-hydrogen) atoms. The Kier molecular flexibility index (Phi) is 3.60. The number of rotatable bonds is 2. The van der Waals surface area contributed by atoms with Crippen LogP contribution in [0.2, 0.25) is 0 Å². The molecule has 0 radical (unpaired) electrons. The van der Waals surface area contributed by atoms with Gasteiger partial charge < -0.3 is 10.4 Å². The fraction of sp³-hybridized carbons (Fsp3) is 0.400. The highest BCUT2D eigenvalue weighted by molar-refractivity contribution is 5.97. The number of aromatic nitrogens is 2. The van der Waals surface area contributed by atoms with Crippen LogP contribution in [-0.2, 0) is 0 Å². The van der Waals surface area contributed by atoms with Gasteiger partial charge in [-0.1, -0.05) is 12.8 Å². The molecule has 1 amide bonds. The van der Waals surface area contributed by atoms with Crippen LogP contribution in [0.4, 0.5) is 0 Å². The molecule has 0 saturated heterocycles. The molecule has 0 spiro atoms. The van der Waals surface area contributed by atoms with Crippen LogP contribution in [0.15, 0.2) is 30.6 Å². The Hall–Kier alpha value is -2.01. The molecule has 0 bridgehead atoms. The van der Waals surface area contributed by atoms with E-state index >= 15 is 0 Å². The third-order valence-electron chi connectivity index (χ3n) is 3.78. The second-order valence-corrected chi connectivity index (χ2v) is 5.19. The van der Waals surface area contributed by atoms with E-state index in [9.17, 15) is 9.90 Å². The summed E-state index contributed by atoms with van der Waals surface area (Å²) in [4.78, 5) is 20.6. The highest BCUT2D eigenvalue weighted by atomic mass is 16.3. The summed E-state index contributed by atoms with van der Waals surface area (Å²) in [5, 5.41) is 12.8. The Morgan fingerprint density at radius 3 is 2.70 bits per heavy atom. The average molecular weight is 271 g/mol. The molecule has 1 saturated carbocycles. The number of nitrogens with one attached hydrogen (secondary N) is 1. The van der Waals surface area contributed by atoms with Gasteiger partial charge in [0.1, 0.15) is 0 Å². The maximum Gasteiger partial charge on any atom is 0.251 e. The van der Waals surface area contributed by atoms with Crippen LogP contribution in [0.25, 0.3) is 11.0 Å². The molecule has 1 aromatic carbocycles. The zero-order chi connectivity index (χ0) is 13.9. The molecule has 2 aromatic rings. The van der Waals surface area contributed by atoms with Crippen molar-refractivity contribution >= 4 is 16.9 Å². The fourth-order valence-electron chi connectivity index (χ4n) is 2.64. The third-order valence-corrected chi connectivity index (χ3v) is 3.78. The molecule has 1 heterocycles. The number of nitrogens with zero attached hydrogens (tertiary/aromatic N) is 2. The largest absolute Gasteiger partial charge is 0.391 e. The van der Waals surface area contributed by atoms with E-state index in [0.29, 0.717) is 11.1 Å². The van der Waals surface area contributed by atoms with Gasteiger partial charge in [-0.2, -0.15) is 0 Å². The molecule has 5 nitrogen and oxygen atoms in total. The Morgan fingerprint density at radius 1 is 1.15 bits per heavy atom. The van der Waals surface area contributed by atoms with Crippen molar-refractivity contribution < 1.29 is 9.90 Å². The maximum absolute atomic E-state index is 12.2. The van der Waals surface area contributed by atoms with Gasteiger partial charge in [-0.15, -0.1) is 0 Å². The van der Waals surface area contributed by atoms with E-state index in [-0.39, 0.29) is 11.9 Å². The standard InChI is InChI=1S/C15H17N3O2/c19-14-4-2-1-3-12(14)18-15(20)10-5-6-11-13(9-10)17-8-7-16-11/h5-9,12,14,19H,1-4H2,(H,18,20)/t12-,14-/m1/s1. The summed E-state index contributed by atoms with van der Waals surface area (Å²) >= 11 is 0. The Morgan fingerprint density at radius 2 is 1.90 bits per heavy atom. The summed E-state index contributed by atoms with van der Waals surface area (Å²) < 4.78 is 0. The van der Waals surface area contributed by atoms with Crippen molar-refractivity contribution in [3.8, 4) is 0 Å². The van der Waals surface area contributed by atoms with Crippen molar-refractivity contribution in [2.24, 2.45) is 0 Å². The highest BCUT2D eigenvalue weighted by Crippen LogP contribution is 2.19. The molecule has 104 valence electrons. The Bertz CT molecular complexity index is 629. The van der Waals surface area contributed by atoms with Gasteiger partial charge in [0.2, 0.25) is 0 Å². The molecule has 1 aliphatic rings. The SMILES string of the molecule is O=C(N[C@@H]1CCCC[C@H]1O)c1ccc2nccnc2c1. The van der Waals surface area contributed by atoms with Crippen LogP contribution < -0.4 is 5.32 Å². The number of carbonyl (C=O) groups excluding carboxylic acids is 1. The lowest BCUT2D eigenvalue weighted by Gasteiger charge is -2.28. The third kappa shape index (κ3) is 2.63. The van der Waals surface area contributed by atoms with Crippen LogP contribution >= 0.6 is 0 Å². The number of fused-ring (bicyclic) bond motifs is 1. The molecular weight excluding hydrogens is 254 g/mol. The topological polar surface area (TPSA) is 75.1 Å². The summed E-state index contributed by atoms with van der Waals surface area (Å²) in [6.07, 6.45) is 6.46. The van der Waals surface area contributed by atoms with Crippen LogP contribution in [0.5, 0.6) is 0 Å². The van der Waals surface area contributed by atoms with Gasteiger partial charge in [0, 0.05) is 18.0 Å². The number of hydrogen-bond acceptors (Lipinski definition) is 4. The van der Waals surface area contributed by atoms with Crippen molar-refractivity contribution in [3.63, 3.8) is 0 Å². The number of aliphatic hydroxyl groups excluding tert-OH is 1. The van der Waals surface area contributed by atoms with Crippen molar-refractivity contribution in [1.82, 2.24) is 15.3 Å². The van der Waals surface area contributed by atoms with Crippen LogP contribution in [-0.4, -0.2) is 33.1 Å². The zero-order valence-corrected chi connectivity index (χ0v) is 11.1. The molecule has 0 aliphatic heterocycles. The smallest absolute Gasteiger partial charge is 0.251 e. The number of amides is 1. The first-order chi connectivity index (χ1) is 9.74. The Balaban J connectivity index is 1.78. The van der Waals surface area contributed by atoms with Gasteiger partial charge in [0.25, 0.3) is 5.91 Å². The summed E-state index contributed by atoms with van der Waals surface area (Å²) in [5.74, 6) is -0.163. The van der Waals surface area contributed by atoms with E-state index in [1.54, 1.807) is 30.6 Å². The van der Waals surface area contributed by atoms with E-state index < -0.39 is 6.10 Å². The number of hydrogen-bond donors (Lipinski definition) is 2. The molecule has 3 rings (SSSR count). The lowest BCUT2D eigenvalue weighted by molar-refractivity contribution is 0.0717. The molecule has 0 unspecified atom stereocenters. The lowest BCUT2D eigenvalue weighted by atomic mass is 9.92. The molecular formula is C15H17N3O2. The first-order valence-corrected chi connectivity index (χ1v) is 6.94. The van der Waals surface area contributed by atoms with Gasteiger partial charge in [0.15, 0.2) is 0 Å². The highest BCUT2D eigenvalue weighted by Gasteiger charge is 2.24. The van der Waals surface area contributed by atoms with E-state index in [0.717, 1.165) is 31.2 Å². The zero-order valence-electron chi connectivity index (χ0n) is 11.1. The molecule has 5 heteroatoms. The first-order valence-electron chi connectivity index (χ1n) is 6.94. The van der Waals surface area contributed by atoms with Gasteiger partial charge in [-0.3, -0.25) is 14.8 Å². The quantitative estimate of drug-likeness (QED) is 0.871. The lowest BCUT2D eigenvalue weighted by Crippen LogP contribution is -2.45. The first kappa shape index (κ1) is 13.0. The van der Waals surface area contributed by atoms with Gasteiger partial charge in [-0.05, 0) is 31.0 Å². The second-order valence-electron chi connectivity index (χ2n) is 5.19. The predicted octanol–water partition coefficient (Wildman–Crippen LogP) is 1.66. The minimum absolute atomic E-state index is 0.145. The fourth-order valence-corrected chi connectivity index (χ4v) is 2.64. The monoisotopic (exact) mass is 271 g/mol. The normalized spacial score (nSPS) is 22.6. The van der Waals surface area contributed by atoms with Crippen molar-refractivity contribution in [3.05, 3.63) is 36.2 Å². The van der Waals surface area contributed by atoms with E-state index in [1.807, 2.05) is 0 Å². The van der Waals surface area contributed by atoms with Crippen molar-refractivity contribution in [2.45, 2.75) is 37.8 Å². The summed E-state index contributed by atoms with van der Waals surface area (Å²) in [6, 6.07) is 5.11. The molecule has 1 fully saturated rings. The Labute approximate surface area is 117 Å². The maximum atomic E-state index is 12.2. The van der Waals surface area contributed by atoms with Crippen LogP contribution in [0.1, 0.15) is 36.0 Å². The van der Waals surface area contributed by atoms with Crippen molar-refractivity contribution in [2.75, 3.05) is 0 Å². The van der Waals surface area contributed by atoms with Gasteiger partial charge in [0.05, 0.1) is 23.2 Å². The van der Waals surface area contributed by atoms with Gasteiger partial charge in [-0.25, -0.2) is 0 Å². The predicted molar refractivity (Wildman–Crippen MR) is 75.3 cm³/mol. The molecule has 2 atom stereocenters. The molecule has 1 aliphatic carbocycles.